The number of hydrogen-bond donors (Lipinski definition) is 7. The molecule has 2 heterocycles. The van der Waals surface area contributed by atoms with Crippen molar-refractivity contribution in [1.82, 2.24) is 50.7 Å². The van der Waals surface area contributed by atoms with Gasteiger partial charge in [-0.15, -0.1) is 0 Å². The van der Waals surface area contributed by atoms with E-state index < -0.39 is 99.4 Å². The summed E-state index contributed by atoms with van der Waals surface area (Å²) in [4.78, 5) is 160. The number of aromatic nitrogens is 2. The Morgan fingerprint density at radius 1 is 0.656 bits per heavy atom. The van der Waals surface area contributed by atoms with Crippen LogP contribution in [0, 0.1) is 48.3 Å². The Balaban J connectivity index is 0.000000435. The highest BCUT2D eigenvalue weighted by Crippen LogP contribution is 2.33. The quantitative estimate of drug-likeness (QED) is 0.0160. The summed E-state index contributed by atoms with van der Waals surface area (Å²) in [6.45, 7) is 24.1. The number of alkyl halides is 2. The number of Topliss-reactive ketones (excluding diaryl/α,β-unsaturated/α-hetero) is 2. The molecule has 1 aliphatic heterocycles. The van der Waals surface area contributed by atoms with E-state index in [0.717, 1.165) is 28.0 Å². The molecule has 1 aromatic heterocycles. The number of methoxy groups -OCH3 is 2. The third-order valence-electron chi connectivity index (χ3n) is 21.8. The number of benzene rings is 3. The number of anilines is 1. The van der Waals surface area contributed by atoms with Crippen molar-refractivity contribution in [3.8, 4) is 0 Å². The zero-order chi connectivity index (χ0) is 90.3. The minimum absolute atomic E-state index is 0.0505. The Kier molecular flexibility index (Phi) is 46.1. The summed E-state index contributed by atoms with van der Waals surface area (Å²) >= 11 is 6.87. The fraction of sp³-hybridized carbons (Fsp3) is 0.644. The number of nitrogens with one attached hydrogen (secondary N) is 6. The maximum absolute atomic E-state index is 14.5. The smallest absolute Gasteiger partial charge is 0.410 e. The lowest BCUT2D eigenvalue weighted by Crippen LogP contribution is -2.55. The van der Waals surface area contributed by atoms with Gasteiger partial charge in [0.05, 0.1) is 136 Å². The number of rotatable bonds is 54. The summed E-state index contributed by atoms with van der Waals surface area (Å²) in [5.41, 5.74) is 11.1. The Morgan fingerprint density at radius 3 is 1.83 bits per heavy atom. The van der Waals surface area contributed by atoms with Crippen LogP contribution in [0.2, 0.25) is 0 Å². The van der Waals surface area contributed by atoms with Crippen LogP contribution in [0.4, 0.5) is 15.3 Å². The topological polar surface area (TPSA) is 420 Å². The summed E-state index contributed by atoms with van der Waals surface area (Å²) in [6.07, 6.45) is 1.35. The number of primary amides is 1. The van der Waals surface area contributed by atoms with Crippen LogP contribution >= 0.6 is 31.9 Å². The normalized spacial score (nSPS) is 15.9. The number of hydrogen-bond acceptors (Lipinski definition) is 22. The van der Waals surface area contributed by atoms with Gasteiger partial charge in [0.2, 0.25) is 39.6 Å². The number of urea groups is 1. The number of likely N-dealkylation sites (N-methyl/N-ethyl adjacent to an activating group) is 2. The van der Waals surface area contributed by atoms with Crippen LogP contribution in [0.5, 0.6) is 0 Å². The number of nitrogens with two attached hydrogens (primary N) is 1. The summed E-state index contributed by atoms with van der Waals surface area (Å²) in [5, 5.41) is 14.4. The van der Waals surface area contributed by atoms with Crippen LogP contribution in [-0.2, 0) is 98.6 Å². The van der Waals surface area contributed by atoms with Crippen molar-refractivity contribution >= 4 is 124 Å². The number of carbonyl (C=O) groups is 11. The van der Waals surface area contributed by atoms with Gasteiger partial charge in [-0.25, -0.2) is 28.0 Å². The van der Waals surface area contributed by atoms with Crippen LogP contribution in [0.1, 0.15) is 173 Å². The van der Waals surface area contributed by atoms with E-state index >= 15 is 0 Å². The molecular formula is C87H132Br2N12O20S. The highest BCUT2D eigenvalue weighted by Gasteiger charge is 2.45. The molecule has 11 atom stereocenters. The molecule has 2 fully saturated rings. The second-order valence-corrected chi connectivity index (χ2v) is 35.1. The number of aryl methyl sites for hydroxylation is 1. The zero-order valence-electron chi connectivity index (χ0n) is 73.6. The van der Waals surface area contributed by atoms with E-state index in [9.17, 15) is 61.2 Å². The Hall–Kier alpha value is -8.16. The maximum Gasteiger partial charge on any atom is 0.410 e. The number of fused-ring (bicyclic) bond motifs is 1. The largest absolute Gasteiger partial charge is 0.450 e. The molecule has 1 saturated carbocycles. The van der Waals surface area contributed by atoms with Crippen molar-refractivity contribution in [3.05, 3.63) is 101 Å². The van der Waals surface area contributed by atoms with Gasteiger partial charge in [-0.2, -0.15) is 0 Å². The first kappa shape index (κ1) is 104. The second-order valence-electron chi connectivity index (χ2n) is 32.1. The molecule has 122 heavy (non-hydrogen) atoms. The number of sulfonamides is 1. The molecule has 32 nitrogen and oxygen atoms in total. The third-order valence-corrected chi connectivity index (χ3v) is 24.7. The predicted octanol–water partition coefficient (Wildman–Crippen LogP) is 9.30. The van der Waals surface area contributed by atoms with Gasteiger partial charge < -0.3 is 80.2 Å². The lowest BCUT2D eigenvalue weighted by Gasteiger charge is -2.41. The molecule has 35 heteroatoms. The molecule has 6 rings (SSSR count). The van der Waals surface area contributed by atoms with E-state index in [1.54, 1.807) is 85.3 Å². The van der Waals surface area contributed by atoms with E-state index in [1.807, 2.05) is 80.5 Å². The molecule has 2 aliphatic rings. The molecule has 8 N–H and O–H groups in total. The van der Waals surface area contributed by atoms with Crippen molar-refractivity contribution in [2.75, 3.05) is 113 Å². The Bertz CT molecular complexity index is 4130. The van der Waals surface area contributed by atoms with E-state index in [-0.39, 0.29) is 123 Å². The molecule has 0 bridgehead atoms. The Labute approximate surface area is 736 Å². The van der Waals surface area contributed by atoms with Crippen LogP contribution in [-0.4, -0.2) is 253 Å². The lowest BCUT2D eigenvalue weighted by atomic mass is 9.83. The standard InChI is InChI=1S/C46H75N5O11S.C41H57Br2N7O9/c1-13-30(7)41(49(9)45(56)34(28(3)4)26-37(52)40(29(5)6)50(10)46(57)62-14-2)38(60-11)27-39(53)51-24-18-21-36(51)42(61-12)31(8)43(54)47-35(25-32-19-16-15-17-20-32)44(55)48-63(58,59)33-22-23-33;1-27(2)38(36(51)24-29(5-4-13-46-41(44)55)40(54)47-31-9-6-28(3)7-10-31)50-37(52)12-15-56-17-19-58-21-22-59-20-18-57-16-14-45-39(53)30-8-11-32-33(23-30)49-35(26-43)34(25-42)48-32/h15-17,19-20,28-31,33-36,38,40-42H,13-14,18,21-27H2,1-12H3,(H,47,54)(H,48,55);6-11,23,27,29,38H,4-5,12-22,24-26H2,1-3H3,(H,45,53)(H,47,54)(H,50,52)(H3,44,46,55)/t30-,31+,34-,35-,36-,38+,40-,41-,42+;29-,38+/m01/s1. The molecule has 0 radical (unpaired) electrons. The predicted molar refractivity (Wildman–Crippen MR) is 471 cm³/mol. The van der Waals surface area contributed by atoms with Gasteiger partial charge in [0.1, 0.15) is 6.04 Å². The molecule has 10 amide bonds. The van der Waals surface area contributed by atoms with E-state index in [0.29, 0.717) is 125 Å². The van der Waals surface area contributed by atoms with Crippen molar-refractivity contribution in [3.63, 3.8) is 0 Å². The number of nitrogens with zero attached hydrogens (tertiary/aromatic N) is 5. The first-order valence-electron chi connectivity index (χ1n) is 42.2. The highest BCUT2D eigenvalue weighted by molar-refractivity contribution is 9.09. The molecule has 3 aromatic carbocycles. The number of likely N-dealkylation sites (tertiary alicyclic amines) is 1. The number of ketones is 2. The maximum atomic E-state index is 14.5. The molecule has 1 saturated heterocycles. The van der Waals surface area contributed by atoms with E-state index in [4.69, 9.17) is 38.9 Å². The van der Waals surface area contributed by atoms with Crippen molar-refractivity contribution < 1.29 is 94.3 Å². The molecule has 680 valence electrons. The van der Waals surface area contributed by atoms with Crippen LogP contribution in [0.25, 0.3) is 11.0 Å². The Morgan fingerprint density at radius 2 is 1.27 bits per heavy atom. The highest BCUT2D eigenvalue weighted by atomic mass is 79.9. The van der Waals surface area contributed by atoms with E-state index in [2.05, 4.69) is 73.1 Å². The molecule has 0 spiro atoms. The summed E-state index contributed by atoms with van der Waals surface area (Å²) < 4.78 is 66.9. The zero-order valence-corrected chi connectivity index (χ0v) is 77.6. The SMILES string of the molecule is CCOC(=O)N(C)[C@H](C(=O)C[C@H](C(=O)N(C)[C@@H]([C@@H](C)CC)[C@@H](CC(=O)N1CCC[C@H]1[C@H](OC)[C@@H](C)C(=O)N[C@@H](Cc1ccccc1)C(=O)NS(=O)(=O)C1CC1)OC)C(C)C)C(C)C.Cc1ccc(NC(=O)[C@H](CCCNC(N)=O)CC(=O)[C@@H](NC(=O)CCOCCOCCOCCOCCNC(=O)c2ccc3nc(CBr)c(CBr)nc3c2)C(C)C)cc1. The second kappa shape index (κ2) is 53.9. The van der Waals surface area contributed by atoms with Crippen molar-refractivity contribution in [2.24, 2.45) is 47.2 Å². The molecule has 0 unspecified atom stereocenters. The van der Waals surface area contributed by atoms with Crippen molar-refractivity contribution in [2.45, 2.75) is 212 Å². The summed E-state index contributed by atoms with van der Waals surface area (Å²) in [6, 6.07) is 17.1. The molecule has 4 aromatic rings. The third kappa shape index (κ3) is 34.1. The van der Waals surface area contributed by atoms with Gasteiger partial charge in [-0.3, -0.25) is 47.9 Å². The van der Waals surface area contributed by atoms with Crippen molar-refractivity contribution in [1.29, 1.82) is 0 Å². The monoisotopic (exact) mass is 1850 g/mol. The average molecular weight is 1860 g/mol. The van der Waals surface area contributed by atoms with Gasteiger partial charge in [0.25, 0.3) is 11.8 Å². The fourth-order valence-electron chi connectivity index (χ4n) is 14.7. The summed E-state index contributed by atoms with van der Waals surface area (Å²) in [5.74, 6) is -6.23. The number of halogens is 2. The minimum atomic E-state index is -3.87. The molecule has 1 aliphatic carbocycles. The van der Waals surface area contributed by atoms with Gasteiger partial charge >= 0.3 is 12.1 Å². The molecular weight excluding hydrogens is 1720 g/mol. The number of amides is 10. The average Bonchev–Trinajstić information content (AvgIpc) is 1.59. The number of ether oxygens (including phenoxy) is 7. The van der Waals surface area contributed by atoms with Crippen LogP contribution < -0.4 is 37.0 Å². The van der Waals surface area contributed by atoms with Gasteiger partial charge in [0.15, 0.2) is 11.6 Å². The lowest BCUT2D eigenvalue weighted by molar-refractivity contribution is -0.149. The van der Waals surface area contributed by atoms with Gasteiger partial charge in [-0.1, -0.05) is 149 Å². The van der Waals surface area contributed by atoms with E-state index in [1.165, 1.54) is 26.2 Å². The fourth-order valence-corrected chi connectivity index (χ4v) is 16.9. The summed E-state index contributed by atoms with van der Waals surface area (Å²) in [7, 11) is 2.33. The van der Waals surface area contributed by atoms with Gasteiger partial charge in [-0.05, 0) is 112 Å². The minimum Gasteiger partial charge on any atom is -0.450 e. The number of carbonyl (C=O) groups excluding carboxylic acids is 11. The van der Waals surface area contributed by atoms with Crippen LogP contribution in [0.3, 0.4) is 0 Å². The first-order chi connectivity index (χ1) is 58.1. The van der Waals surface area contributed by atoms with Gasteiger partial charge in [0, 0.05) is 107 Å². The first-order valence-corrected chi connectivity index (χ1v) is 46.0. The van der Waals surface area contributed by atoms with Crippen LogP contribution in [0.15, 0.2) is 72.8 Å².